The molecular weight excluding hydrogens is 248 g/mol. The SMILES string of the molecule is CCCOc1nc(NCC)nc(N(C)CC(N)=O)n1. The van der Waals surface area contributed by atoms with Crippen molar-refractivity contribution in [2.75, 3.05) is 37.0 Å². The Morgan fingerprint density at radius 2 is 2.11 bits per heavy atom. The van der Waals surface area contributed by atoms with Gasteiger partial charge in [-0.1, -0.05) is 6.92 Å². The molecule has 0 fully saturated rings. The van der Waals surface area contributed by atoms with E-state index in [4.69, 9.17) is 10.5 Å². The number of anilines is 2. The molecule has 0 bridgehead atoms. The van der Waals surface area contributed by atoms with Gasteiger partial charge in [0.15, 0.2) is 0 Å². The Kier molecular flexibility index (Phi) is 5.77. The van der Waals surface area contributed by atoms with E-state index < -0.39 is 5.91 Å². The number of carbonyl (C=O) groups excluding carboxylic acids is 1. The summed E-state index contributed by atoms with van der Waals surface area (Å²) in [6.45, 7) is 5.16. The lowest BCUT2D eigenvalue weighted by molar-refractivity contribution is -0.116. The van der Waals surface area contributed by atoms with Gasteiger partial charge >= 0.3 is 6.01 Å². The number of aromatic nitrogens is 3. The third-order valence-corrected chi connectivity index (χ3v) is 2.11. The van der Waals surface area contributed by atoms with Crippen molar-refractivity contribution in [2.45, 2.75) is 20.3 Å². The molecular formula is C11H20N6O2. The molecule has 0 aliphatic carbocycles. The Morgan fingerprint density at radius 3 is 2.68 bits per heavy atom. The van der Waals surface area contributed by atoms with Gasteiger partial charge in [0.2, 0.25) is 17.8 Å². The molecule has 0 saturated heterocycles. The Bertz CT molecular complexity index is 426. The highest BCUT2D eigenvalue weighted by atomic mass is 16.5. The van der Waals surface area contributed by atoms with Crippen LogP contribution in [0.15, 0.2) is 0 Å². The molecule has 3 N–H and O–H groups in total. The van der Waals surface area contributed by atoms with Crippen molar-refractivity contribution >= 4 is 17.8 Å². The lowest BCUT2D eigenvalue weighted by Gasteiger charge is -2.16. The number of likely N-dealkylation sites (N-methyl/N-ethyl adjacent to an activating group) is 1. The number of rotatable bonds is 8. The molecule has 0 atom stereocenters. The summed E-state index contributed by atoms with van der Waals surface area (Å²) >= 11 is 0. The van der Waals surface area contributed by atoms with Crippen molar-refractivity contribution in [2.24, 2.45) is 5.73 Å². The maximum absolute atomic E-state index is 10.9. The van der Waals surface area contributed by atoms with E-state index in [1.807, 2.05) is 13.8 Å². The third kappa shape index (κ3) is 4.94. The van der Waals surface area contributed by atoms with Crippen molar-refractivity contribution in [3.8, 4) is 6.01 Å². The molecule has 8 nitrogen and oxygen atoms in total. The largest absolute Gasteiger partial charge is 0.463 e. The first-order chi connectivity index (χ1) is 9.06. The van der Waals surface area contributed by atoms with Crippen LogP contribution >= 0.6 is 0 Å². The molecule has 0 radical (unpaired) electrons. The highest BCUT2D eigenvalue weighted by molar-refractivity contribution is 5.78. The van der Waals surface area contributed by atoms with Gasteiger partial charge in [0.1, 0.15) is 0 Å². The summed E-state index contributed by atoms with van der Waals surface area (Å²) in [5, 5.41) is 2.99. The van der Waals surface area contributed by atoms with Crippen LogP contribution in [0.3, 0.4) is 0 Å². The van der Waals surface area contributed by atoms with Gasteiger partial charge in [-0.15, -0.1) is 0 Å². The molecule has 0 spiro atoms. The van der Waals surface area contributed by atoms with Gasteiger partial charge in [-0.25, -0.2) is 0 Å². The minimum absolute atomic E-state index is 0.0306. The highest BCUT2D eigenvalue weighted by Gasteiger charge is 2.12. The van der Waals surface area contributed by atoms with E-state index in [0.29, 0.717) is 25.0 Å². The molecule has 0 unspecified atom stereocenters. The zero-order valence-electron chi connectivity index (χ0n) is 11.5. The molecule has 0 aliphatic heterocycles. The molecule has 8 heteroatoms. The number of nitrogens with two attached hydrogens (primary N) is 1. The topological polar surface area (TPSA) is 106 Å². The number of carbonyl (C=O) groups is 1. The van der Waals surface area contributed by atoms with Crippen LogP contribution in [0.25, 0.3) is 0 Å². The van der Waals surface area contributed by atoms with Gasteiger partial charge in [-0.2, -0.15) is 15.0 Å². The lowest BCUT2D eigenvalue weighted by atomic mass is 10.5. The Labute approximate surface area is 112 Å². The third-order valence-electron chi connectivity index (χ3n) is 2.11. The van der Waals surface area contributed by atoms with Crippen molar-refractivity contribution in [3.63, 3.8) is 0 Å². The summed E-state index contributed by atoms with van der Waals surface area (Å²) in [6, 6.07) is 0.235. The summed E-state index contributed by atoms with van der Waals surface area (Å²) in [5.41, 5.74) is 5.15. The summed E-state index contributed by atoms with van der Waals surface area (Å²) < 4.78 is 5.39. The van der Waals surface area contributed by atoms with Crippen LogP contribution in [0.1, 0.15) is 20.3 Å². The first kappa shape index (κ1) is 14.9. The second kappa shape index (κ2) is 7.34. The second-order valence-electron chi connectivity index (χ2n) is 3.94. The molecule has 1 aromatic heterocycles. The molecule has 1 heterocycles. The van der Waals surface area contributed by atoms with E-state index in [1.165, 1.54) is 0 Å². The fourth-order valence-corrected chi connectivity index (χ4v) is 1.32. The molecule has 0 aromatic carbocycles. The van der Waals surface area contributed by atoms with Crippen LogP contribution in [0, 0.1) is 0 Å². The highest BCUT2D eigenvalue weighted by Crippen LogP contribution is 2.13. The summed E-state index contributed by atoms with van der Waals surface area (Å²) in [4.78, 5) is 24.9. The van der Waals surface area contributed by atoms with Gasteiger partial charge < -0.3 is 20.7 Å². The number of ether oxygens (including phenoxy) is 1. The van der Waals surface area contributed by atoms with Crippen LogP contribution in [-0.2, 0) is 4.79 Å². The molecule has 106 valence electrons. The summed E-state index contributed by atoms with van der Waals surface area (Å²) in [5.74, 6) is 0.301. The first-order valence-corrected chi connectivity index (χ1v) is 6.19. The van der Waals surface area contributed by atoms with E-state index in [0.717, 1.165) is 6.42 Å². The van der Waals surface area contributed by atoms with Gasteiger partial charge in [-0.3, -0.25) is 4.79 Å². The number of hydrogen-bond donors (Lipinski definition) is 2. The minimum Gasteiger partial charge on any atom is -0.463 e. The van der Waals surface area contributed by atoms with Gasteiger partial charge in [0.25, 0.3) is 0 Å². The number of hydrogen-bond acceptors (Lipinski definition) is 7. The lowest BCUT2D eigenvalue weighted by Crippen LogP contribution is -2.32. The van der Waals surface area contributed by atoms with Crippen molar-refractivity contribution in [1.82, 2.24) is 15.0 Å². The van der Waals surface area contributed by atoms with Crippen LogP contribution in [-0.4, -0.2) is 47.6 Å². The molecule has 19 heavy (non-hydrogen) atoms. The first-order valence-electron chi connectivity index (χ1n) is 6.19. The quantitative estimate of drug-likeness (QED) is 0.684. The average molecular weight is 268 g/mol. The van der Waals surface area contributed by atoms with Crippen molar-refractivity contribution in [1.29, 1.82) is 0 Å². The molecule has 0 saturated carbocycles. The van der Waals surface area contributed by atoms with E-state index in [-0.39, 0.29) is 12.6 Å². The van der Waals surface area contributed by atoms with Crippen molar-refractivity contribution in [3.05, 3.63) is 0 Å². The minimum atomic E-state index is -0.455. The zero-order valence-corrected chi connectivity index (χ0v) is 11.5. The van der Waals surface area contributed by atoms with Crippen LogP contribution < -0.4 is 20.7 Å². The zero-order chi connectivity index (χ0) is 14.3. The van der Waals surface area contributed by atoms with Crippen LogP contribution in [0.5, 0.6) is 6.01 Å². The molecule has 1 amide bonds. The summed E-state index contributed by atoms with van der Waals surface area (Å²) in [6.07, 6.45) is 0.856. The fourth-order valence-electron chi connectivity index (χ4n) is 1.32. The number of nitrogens with zero attached hydrogens (tertiary/aromatic N) is 4. The van der Waals surface area contributed by atoms with Crippen molar-refractivity contribution < 1.29 is 9.53 Å². The maximum Gasteiger partial charge on any atom is 0.323 e. The van der Waals surface area contributed by atoms with Gasteiger partial charge in [0, 0.05) is 13.6 Å². The van der Waals surface area contributed by atoms with Gasteiger partial charge in [-0.05, 0) is 13.3 Å². The van der Waals surface area contributed by atoms with Crippen LogP contribution in [0.2, 0.25) is 0 Å². The molecule has 1 aromatic rings. The Hall–Kier alpha value is -2.12. The summed E-state index contributed by atoms with van der Waals surface area (Å²) in [7, 11) is 1.68. The number of amides is 1. The predicted molar refractivity (Wildman–Crippen MR) is 72.2 cm³/mol. The Morgan fingerprint density at radius 1 is 1.37 bits per heavy atom. The predicted octanol–water partition coefficient (Wildman–Crippen LogP) is 0.0137. The van der Waals surface area contributed by atoms with Gasteiger partial charge in [0.05, 0.1) is 13.2 Å². The smallest absolute Gasteiger partial charge is 0.323 e. The van der Waals surface area contributed by atoms with E-state index >= 15 is 0 Å². The monoisotopic (exact) mass is 268 g/mol. The normalized spacial score (nSPS) is 10.1. The van der Waals surface area contributed by atoms with E-state index in [2.05, 4.69) is 20.3 Å². The number of primary amides is 1. The standard InChI is InChI=1S/C11H20N6O2/c1-4-6-19-11-15-9(13-5-2)14-10(16-11)17(3)7-8(12)18/h4-7H2,1-3H3,(H2,12,18)(H,13,14,15,16). The maximum atomic E-state index is 10.9. The number of nitrogens with one attached hydrogen (secondary N) is 1. The van der Waals surface area contributed by atoms with Crippen LogP contribution in [0.4, 0.5) is 11.9 Å². The van der Waals surface area contributed by atoms with E-state index in [9.17, 15) is 4.79 Å². The second-order valence-corrected chi connectivity index (χ2v) is 3.94. The molecule has 0 aliphatic rings. The Balaban J connectivity index is 2.94. The average Bonchev–Trinajstić information content (AvgIpc) is 2.35. The van der Waals surface area contributed by atoms with E-state index in [1.54, 1.807) is 11.9 Å². The molecule has 1 rings (SSSR count). The fraction of sp³-hybridized carbons (Fsp3) is 0.636.